The third-order valence-corrected chi connectivity index (χ3v) is 6.45. The Morgan fingerprint density at radius 3 is 2.31 bits per heavy atom. The molecule has 0 saturated carbocycles. The van der Waals surface area contributed by atoms with E-state index in [0.717, 1.165) is 16.7 Å². The zero-order valence-electron chi connectivity index (χ0n) is 19.0. The van der Waals surface area contributed by atoms with Crippen molar-refractivity contribution < 1.29 is 18.6 Å². The number of ether oxygens (including phenoxy) is 3. The van der Waals surface area contributed by atoms with Gasteiger partial charge in [-0.1, -0.05) is 72.3 Å². The van der Waals surface area contributed by atoms with Crippen LogP contribution >= 0.6 is 23.2 Å². The molecule has 5 rings (SSSR count). The molecule has 182 valence electrons. The van der Waals surface area contributed by atoms with Gasteiger partial charge in [-0.25, -0.2) is 9.37 Å². The van der Waals surface area contributed by atoms with Gasteiger partial charge in [0, 0.05) is 6.20 Å². The van der Waals surface area contributed by atoms with Gasteiger partial charge in [0.1, 0.15) is 23.0 Å². The number of aryl methyl sites for hydroxylation is 1. The first-order valence-electron chi connectivity index (χ1n) is 11.3. The summed E-state index contributed by atoms with van der Waals surface area (Å²) in [6, 6.07) is 19.4. The highest BCUT2D eigenvalue weighted by molar-refractivity contribution is 6.35. The number of hydrogen-bond donors (Lipinski definition) is 0. The largest absolute Gasteiger partial charge is 0.374 e. The first-order chi connectivity index (χ1) is 17.0. The van der Waals surface area contributed by atoms with Crippen LogP contribution in [0, 0.1) is 6.92 Å². The number of hydrogen-bond acceptors (Lipinski definition) is 5. The lowest BCUT2D eigenvalue weighted by atomic mass is 10.1. The van der Waals surface area contributed by atoms with E-state index in [-0.39, 0.29) is 23.7 Å². The Bertz CT molecular complexity index is 1290. The molecule has 2 aromatic heterocycles. The predicted molar refractivity (Wildman–Crippen MR) is 132 cm³/mol. The molecule has 0 amide bonds. The minimum atomic E-state index is -1.48. The van der Waals surface area contributed by atoms with Crippen LogP contribution < -0.4 is 0 Å². The molecule has 1 aliphatic heterocycles. The van der Waals surface area contributed by atoms with E-state index in [1.807, 2.05) is 67.6 Å². The van der Waals surface area contributed by atoms with Crippen LogP contribution in [-0.4, -0.2) is 39.5 Å². The van der Waals surface area contributed by atoms with Gasteiger partial charge in [0.15, 0.2) is 12.4 Å². The molecular formula is C26H24Cl2FN3O3. The van der Waals surface area contributed by atoms with E-state index in [9.17, 15) is 0 Å². The fourth-order valence-corrected chi connectivity index (χ4v) is 4.86. The van der Waals surface area contributed by atoms with E-state index in [1.54, 1.807) is 10.8 Å². The maximum Gasteiger partial charge on any atom is 0.225 e. The van der Waals surface area contributed by atoms with E-state index >= 15 is 4.39 Å². The van der Waals surface area contributed by atoms with Gasteiger partial charge in [0.25, 0.3) is 0 Å². The molecule has 35 heavy (non-hydrogen) atoms. The summed E-state index contributed by atoms with van der Waals surface area (Å²) in [6.07, 6.45) is -2.19. The van der Waals surface area contributed by atoms with Crippen LogP contribution in [-0.2, 0) is 27.4 Å². The quantitative estimate of drug-likeness (QED) is 0.210. The Labute approximate surface area is 212 Å². The van der Waals surface area contributed by atoms with Gasteiger partial charge in [0.2, 0.25) is 5.28 Å². The van der Waals surface area contributed by atoms with Crippen LogP contribution in [0.5, 0.6) is 0 Å². The number of nitrogens with zero attached hydrogens (tertiary/aromatic N) is 3. The van der Waals surface area contributed by atoms with Crippen LogP contribution in [0.3, 0.4) is 0 Å². The number of halogens is 3. The molecule has 1 saturated heterocycles. The Balaban J connectivity index is 1.39. The highest BCUT2D eigenvalue weighted by Crippen LogP contribution is 2.38. The predicted octanol–water partition coefficient (Wildman–Crippen LogP) is 6.08. The van der Waals surface area contributed by atoms with Crippen LogP contribution in [0.4, 0.5) is 4.39 Å². The first-order valence-corrected chi connectivity index (χ1v) is 12.0. The monoisotopic (exact) mass is 515 g/mol. The van der Waals surface area contributed by atoms with Crippen molar-refractivity contribution in [3.05, 3.63) is 94.0 Å². The van der Waals surface area contributed by atoms with E-state index in [1.165, 1.54) is 0 Å². The van der Waals surface area contributed by atoms with Crippen molar-refractivity contribution in [3.8, 4) is 0 Å². The zero-order chi connectivity index (χ0) is 24.4. The van der Waals surface area contributed by atoms with Crippen LogP contribution in [0.2, 0.25) is 10.4 Å². The van der Waals surface area contributed by atoms with Crippen molar-refractivity contribution in [2.24, 2.45) is 0 Å². The van der Waals surface area contributed by atoms with Crippen molar-refractivity contribution in [1.82, 2.24) is 14.5 Å². The van der Waals surface area contributed by atoms with Crippen molar-refractivity contribution in [2.75, 3.05) is 6.61 Å². The summed E-state index contributed by atoms with van der Waals surface area (Å²) in [6.45, 7) is 2.66. The number of fused-ring (bicyclic) bond motifs is 1. The summed E-state index contributed by atoms with van der Waals surface area (Å²) < 4.78 is 35.7. The number of benzene rings is 2. The second-order valence-corrected chi connectivity index (χ2v) is 9.17. The van der Waals surface area contributed by atoms with Gasteiger partial charge >= 0.3 is 0 Å². The molecule has 0 radical (unpaired) electrons. The summed E-state index contributed by atoms with van der Waals surface area (Å²) in [7, 11) is 0. The molecule has 0 spiro atoms. The van der Waals surface area contributed by atoms with Crippen LogP contribution in [0.25, 0.3) is 11.0 Å². The zero-order valence-corrected chi connectivity index (χ0v) is 20.5. The highest BCUT2D eigenvalue weighted by atomic mass is 35.5. The van der Waals surface area contributed by atoms with Gasteiger partial charge in [0.05, 0.1) is 25.2 Å². The van der Waals surface area contributed by atoms with Crippen molar-refractivity contribution in [1.29, 1.82) is 0 Å². The lowest BCUT2D eigenvalue weighted by Crippen LogP contribution is -2.34. The smallest absolute Gasteiger partial charge is 0.225 e. The summed E-state index contributed by atoms with van der Waals surface area (Å²) in [5, 5.41) is 0.802. The van der Waals surface area contributed by atoms with Gasteiger partial charge in [-0.2, -0.15) is 4.98 Å². The maximum absolute atomic E-state index is 15.9. The molecule has 0 aliphatic carbocycles. The fraction of sp³-hybridized carbons (Fsp3) is 0.308. The SMILES string of the molecule is Cc1cn(C2O[C@H](COCc3ccccc3)[C@@H](OCc3ccccc3)[C@@H]2F)c2nc(Cl)nc(Cl)c12. The third kappa shape index (κ3) is 5.20. The summed E-state index contributed by atoms with van der Waals surface area (Å²) in [5.74, 6) is 0. The van der Waals surface area contributed by atoms with E-state index in [2.05, 4.69) is 9.97 Å². The van der Waals surface area contributed by atoms with Crippen molar-refractivity contribution >= 4 is 34.2 Å². The minimum absolute atomic E-state index is 0.0186. The molecule has 0 N–H and O–H groups in total. The molecule has 0 bridgehead atoms. The Kier molecular flexibility index (Phi) is 7.32. The van der Waals surface area contributed by atoms with Crippen LogP contribution in [0.15, 0.2) is 66.9 Å². The summed E-state index contributed by atoms with van der Waals surface area (Å²) >= 11 is 12.3. The molecule has 1 fully saturated rings. The third-order valence-electron chi connectivity index (χ3n) is 6.01. The van der Waals surface area contributed by atoms with Crippen molar-refractivity contribution in [3.63, 3.8) is 0 Å². The summed E-state index contributed by atoms with van der Waals surface area (Å²) in [5.41, 5.74) is 3.17. The lowest BCUT2D eigenvalue weighted by Gasteiger charge is -2.20. The fourth-order valence-electron chi connectivity index (χ4n) is 4.34. The Morgan fingerprint density at radius 1 is 0.971 bits per heavy atom. The first kappa shape index (κ1) is 24.2. The van der Waals surface area contributed by atoms with E-state index in [4.69, 9.17) is 37.4 Å². The van der Waals surface area contributed by atoms with E-state index < -0.39 is 24.6 Å². The molecule has 1 unspecified atom stereocenters. The molecular weight excluding hydrogens is 492 g/mol. The number of aromatic nitrogens is 3. The molecule has 4 aromatic rings. The molecule has 6 nitrogen and oxygen atoms in total. The minimum Gasteiger partial charge on any atom is -0.374 e. The highest BCUT2D eigenvalue weighted by Gasteiger charge is 2.47. The lowest BCUT2D eigenvalue weighted by molar-refractivity contribution is -0.0818. The molecule has 4 atom stereocenters. The Morgan fingerprint density at radius 2 is 1.63 bits per heavy atom. The molecule has 2 aromatic carbocycles. The number of alkyl halides is 1. The van der Waals surface area contributed by atoms with Gasteiger partial charge < -0.3 is 18.8 Å². The Hall–Kier alpha value is -2.55. The standard InChI is InChI=1S/C26H24Cl2FN3O3/c1-16-12-32(24-20(16)23(27)30-26(28)31-24)25-21(29)22(34-14-18-10-6-3-7-11-18)19(35-25)15-33-13-17-8-4-2-5-9-17/h2-12,19,21-22,25H,13-15H2,1H3/t19-,21+,22-,25?/m1/s1. The van der Waals surface area contributed by atoms with Crippen molar-refractivity contribution in [2.45, 2.75) is 44.7 Å². The second kappa shape index (κ2) is 10.6. The summed E-state index contributed by atoms with van der Waals surface area (Å²) in [4.78, 5) is 8.31. The average molecular weight is 516 g/mol. The second-order valence-electron chi connectivity index (χ2n) is 8.47. The van der Waals surface area contributed by atoms with E-state index in [0.29, 0.717) is 17.6 Å². The van der Waals surface area contributed by atoms with Gasteiger partial charge in [-0.3, -0.25) is 0 Å². The maximum atomic E-state index is 15.9. The van der Waals surface area contributed by atoms with Gasteiger partial charge in [-0.15, -0.1) is 0 Å². The topological polar surface area (TPSA) is 58.4 Å². The van der Waals surface area contributed by atoms with Gasteiger partial charge in [-0.05, 0) is 35.2 Å². The number of rotatable bonds is 8. The normalized spacial score (nSPS) is 22.2. The molecule has 3 heterocycles. The molecule has 1 aliphatic rings. The average Bonchev–Trinajstić information content (AvgIpc) is 3.35. The molecule has 9 heteroatoms. The van der Waals surface area contributed by atoms with Crippen LogP contribution in [0.1, 0.15) is 22.9 Å².